The minimum absolute atomic E-state index is 0.103. The molecule has 1 amide bonds. The maximum Gasteiger partial charge on any atom is 0.251 e. The summed E-state index contributed by atoms with van der Waals surface area (Å²) in [5.74, 6) is 0.740. The standard InChI is InChI=1S/C27H30N4O3S/c1-18(32)16-31-11-8-23(9-12-31)34-22-5-2-20(3-6-22)26-24-14-21(4-7-25(24)29-30-26)27(33)28-15-19-10-13-35-17-19/h2-7,10,13-14,17-18,23,32H,8-9,11-12,15-16H2,1H3,(H,28,33)(H,29,30). The second-order valence-electron chi connectivity index (χ2n) is 9.14. The van der Waals surface area contributed by atoms with Crippen LogP contribution in [0.4, 0.5) is 0 Å². The summed E-state index contributed by atoms with van der Waals surface area (Å²) >= 11 is 1.62. The molecule has 1 aliphatic heterocycles. The normalized spacial score (nSPS) is 15.8. The molecule has 8 heteroatoms. The number of thiophene rings is 1. The average Bonchev–Trinajstić information content (AvgIpc) is 3.54. The van der Waals surface area contributed by atoms with Crippen molar-refractivity contribution in [2.24, 2.45) is 0 Å². The van der Waals surface area contributed by atoms with Crippen LogP contribution in [0.1, 0.15) is 35.7 Å². The van der Waals surface area contributed by atoms with Gasteiger partial charge in [0.2, 0.25) is 0 Å². The number of likely N-dealkylation sites (tertiary alicyclic amines) is 1. The third-order valence-corrected chi connectivity index (χ3v) is 7.08. The van der Waals surface area contributed by atoms with Crippen molar-refractivity contribution >= 4 is 28.1 Å². The highest BCUT2D eigenvalue weighted by atomic mass is 32.1. The van der Waals surface area contributed by atoms with Crippen molar-refractivity contribution < 1.29 is 14.6 Å². The largest absolute Gasteiger partial charge is 0.490 e. The molecule has 1 saturated heterocycles. The number of carbonyl (C=O) groups is 1. The fraction of sp³-hybridized carbons (Fsp3) is 0.333. The van der Waals surface area contributed by atoms with E-state index in [1.807, 2.05) is 66.2 Å². The molecule has 3 heterocycles. The van der Waals surface area contributed by atoms with Crippen LogP contribution in [0.25, 0.3) is 22.2 Å². The number of nitrogens with one attached hydrogen (secondary N) is 2. The van der Waals surface area contributed by atoms with E-state index in [-0.39, 0.29) is 18.1 Å². The van der Waals surface area contributed by atoms with Gasteiger partial charge >= 0.3 is 0 Å². The molecule has 4 aromatic rings. The summed E-state index contributed by atoms with van der Waals surface area (Å²) < 4.78 is 6.21. The Hall–Kier alpha value is -3.20. The van der Waals surface area contributed by atoms with E-state index in [9.17, 15) is 9.90 Å². The summed E-state index contributed by atoms with van der Waals surface area (Å²) in [6.45, 7) is 4.94. The van der Waals surface area contributed by atoms with Crippen LogP contribution in [0.2, 0.25) is 0 Å². The number of benzene rings is 2. The van der Waals surface area contributed by atoms with Crippen molar-refractivity contribution in [1.82, 2.24) is 20.4 Å². The number of fused-ring (bicyclic) bond motifs is 1. The van der Waals surface area contributed by atoms with Crippen LogP contribution in [0.5, 0.6) is 5.75 Å². The number of hydrogen-bond acceptors (Lipinski definition) is 6. The zero-order valence-corrected chi connectivity index (χ0v) is 20.6. The first-order chi connectivity index (χ1) is 17.0. The summed E-state index contributed by atoms with van der Waals surface area (Å²) in [6.07, 6.45) is 1.80. The molecule has 1 aliphatic rings. The van der Waals surface area contributed by atoms with Crippen LogP contribution in [-0.2, 0) is 6.54 Å². The van der Waals surface area contributed by atoms with Crippen LogP contribution in [0.15, 0.2) is 59.3 Å². The van der Waals surface area contributed by atoms with E-state index in [2.05, 4.69) is 20.4 Å². The summed E-state index contributed by atoms with van der Waals surface area (Å²) in [7, 11) is 0. The Morgan fingerprint density at radius 2 is 2.03 bits per heavy atom. The lowest BCUT2D eigenvalue weighted by molar-refractivity contribution is 0.0673. The third-order valence-electron chi connectivity index (χ3n) is 6.35. The van der Waals surface area contributed by atoms with Crippen LogP contribution in [-0.4, -0.2) is 58.0 Å². The lowest BCUT2D eigenvalue weighted by Gasteiger charge is -2.32. The number of aliphatic hydroxyl groups excluding tert-OH is 1. The van der Waals surface area contributed by atoms with Gasteiger partial charge in [-0.05, 0) is 84.6 Å². The molecule has 0 bridgehead atoms. The Morgan fingerprint density at radius 3 is 2.74 bits per heavy atom. The average molecular weight is 491 g/mol. The van der Waals surface area contributed by atoms with E-state index >= 15 is 0 Å². The number of H-pyrrole nitrogens is 1. The SMILES string of the molecule is CC(O)CN1CCC(Oc2ccc(-c3n[nH]c4ccc(C(=O)NCc5ccsc5)cc34)cc2)CC1. The smallest absolute Gasteiger partial charge is 0.251 e. The number of ether oxygens (including phenoxy) is 1. The van der Waals surface area contributed by atoms with E-state index in [1.165, 1.54) is 0 Å². The van der Waals surface area contributed by atoms with Gasteiger partial charge < -0.3 is 20.1 Å². The van der Waals surface area contributed by atoms with Crippen LogP contribution >= 0.6 is 11.3 Å². The number of nitrogens with zero attached hydrogens (tertiary/aromatic N) is 2. The van der Waals surface area contributed by atoms with Crippen molar-refractivity contribution in [2.45, 2.75) is 38.5 Å². The van der Waals surface area contributed by atoms with E-state index in [1.54, 1.807) is 11.3 Å². The summed E-state index contributed by atoms with van der Waals surface area (Å²) in [4.78, 5) is 15.0. The zero-order chi connectivity index (χ0) is 24.2. The lowest BCUT2D eigenvalue weighted by Crippen LogP contribution is -2.41. The molecule has 2 aromatic carbocycles. The molecule has 0 radical (unpaired) electrons. The molecular formula is C27H30N4O3S. The maximum absolute atomic E-state index is 12.7. The number of aliphatic hydroxyl groups is 1. The van der Waals surface area contributed by atoms with Gasteiger partial charge in [-0.1, -0.05) is 0 Å². The second kappa shape index (κ2) is 10.6. The van der Waals surface area contributed by atoms with Crippen molar-refractivity contribution in [3.05, 3.63) is 70.4 Å². The number of amides is 1. The first kappa shape index (κ1) is 23.5. The molecular weight excluding hydrogens is 460 g/mol. The van der Waals surface area contributed by atoms with Crippen LogP contribution < -0.4 is 10.1 Å². The van der Waals surface area contributed by atoms with Gasteiger partial charge in [0.05, 0.1) is 17.3 Å². The molecule has 0 aliphatic carbocycles. The molecule has 182 valence electrons. The highest BCUT2D eigenvalue weighted by molar-refractivity contribution is 7.07. The molecule has 7 nitrogen and oxygen atoms in total. The Labute approximate surface area is 208 Å². The highest BCUT2D eigenvalue weighted by Gasteiger charge is 2.21. The van der Waals surface area contributed by atoms with Crippen molar-refractivity contribution in [2.75, 3.05) is 19.6 Å². The highest BCUT2D eigenvalue weighted by Crippen LogP contribution is 2.29. The Bertz CT molecular complexity index is 1260. The van der Waals surface area contributed by atoms with Gasteiger partial charge in [0.15, 0.2) is 0 Å². The molecule has 2 aromatic heterocycles. The Balaban J connectivity index is 1.24. The van der Waals surface area contributed by atoms with Gasteiger partial charge in [0.1, 0.15) is 11.9 Å². The monoisotopic (exact) mass is 490 g/mol. The van der Waals surface area contributed by atoms with Gasteiger partial charge in [-0.15, -0.1) is 0 Å². The first-order valence-electron chi connectivity index (χ1n) is 12.0. The molecule has 0 saturated carbocycles. The summed E-state index contributed by atoms with van der Waals surface area (Å²) in [6, 6.07) is 15.6. The second-order valence-corrected chi connectivity index (χ2v) is 9.92. The fourth-order valence-electron chi connectivity index (χ4n) is 4.52. The molecule has 1 fully saturated rings. The van der Waals surface area contributed by atoms with Crippen molar-refractivity contribution in [3.8, 4) is 17.0 Å². The number of hydrogen-bond donors (Lipinski definition) is 3. The minimum atomic E-state index is -0.296. The van der Waals surface area contributed by atoms with Gasteiger partial charge in [0.25, 0.3) is 5.91 Å². The Morgan fingerprint density at radius 1 is 1.23 bits per heavy atom. The first-order valence-corrected chi connectivity index (χ1v) is 12.9. The fourth-order valence-corrected chi connectivity index (χ4v) is 5.19. The number of aromatic nitrogens is 2. The summed E-state index contributed by atoms with van der Waals surface area (Å²) in [5.41, 5.74) is 4.37. The van der Waals surface area contributed by atoms with Crippen LogP contribution in [0.3, 0.4) is 0 Å². The molecule has 1 atom stereocenters. The number of carbonyl (C=O) groups excluding carboxylic acids is 1. The van der Waals surface area contributed by atoms with E-state index < -0.39 is 0 Å². The molecule has 1 unspecified atom stereocenters. The van der Waals surface area contributed by atoms with Crippen molar-refractivity contribution in [1.29, 1.82) is 0 Å². The Kier molecular flexibility index (Phi) is 7.13. The molecule has 3 N–H and O–H groups in total. The van der Waals surface area contributed by atoms with Gasteiger partial charge in [-0.3, -0.25) is 9.89 Å². The van der Waals surface area contributed by atoms with Crippen molar-refractivity contribution in [3.63, 3.8) is 0 Å². The maximum atomic E-state index is 12.7. The topological polar surface area (TPSA) is 90.5 Å². The van der Waals surface area contributed by atoms with E-state index in [0.29, 0.717) is 12.1 Å². The third kappa shape index (κ3) is 5.73. The predicted molar refractivity (Wildman–Crippen MR) is 139 cm³/mol. The molecule has 5 rings (SSSR count). The number of rotatable bonds is 8. The molecule has 35 heavy (non-hydrogen) atoms. The van der Waals surface area contributed by atoms with E-state index in [0.717, 1.165) is 65.9 Å². The zero-order valence-electron chi connectivity index (χ0n) is 19.7. The van der Waals surface area contributed by atoms with Gasteiger partial charge in [0, 0.05) is 42.7 Å². The lowest BCUT2D eigenvalue weighted by atomic mass is 10.0. The van der Waals surface area contributed by atoms with Crippen LogP contribution in [0, 0.1) is 0 Å². The number of piperidine rings is 1. The number of β-amino-alcohol motifs (C(OH)–C–C–N with tert-alkyl or cyclic N) is 1. The number of aromatic amines is 1. The van der Waals surface area contributed by atoms with Gasteiger partial charge in [-0.25, -0.2) is 0 Å². The molecule has 0 spiro atoms. The minimum Gasteiger partial charge on any atom is -0.490 e. The predicted octanol–water partition coefficient (Wildman–Crippen LogP) is 4.45. The quantitative estimate of drug-likeness (QED) is 0.340. The summed E-state index contributed by atoms with van der Waals surface area (Å²) in [5, 5.41) is 25.1. The van der Waals surface area contributed by atoms with Gasteiger partial charge in [-0.2, -0.15) is 16.4 Å². The van der Waals surface area contributed by atoms with E-state index in [4.69, 9.17) is 4.74 Å².